The summed E-state index contributed by atoms with van der Waals surface area (Å²) in [6, 6.07) is 7.80. The second-order valence-corrected chi connectivity index (χ2v) is 5.41. The van der Waals surface area contributed by atoms with Crippen LogP contribution in [0.3, 0.4) is 0 Å². The van der Waals surface area contributed by atoms with Crippen LogP contribution in [0.5, 0.6) is 5.75 Å². The summed E-state index contributed by atoms with van der Waals surface area (Å²) in [5.74, 6) is 2.13. The predicted molar refractivity (Wildman–Crippen MR) is 80.4 cm³/mol. The number of rotatable bonds is 5. The molecule has 1 saturated heterocycles. The van der Waals surface area contributed by atoms with Gasteiger partial charge in [-0.25, -0.2) is 0 Å². The van der Waals surface area contributed by atoms with Crippen molar-refractivity contribution in [2.75, 3.05) is 19.7 Å². The van der Waals surface area contributed by atoms with Crippen LogP contribution in [0.2, 0.25) is 0 Å². The Morgan fingerprint density at radius 3 is 2.90 bits per heavy atom. The lowest BCUT2D eigenvalue weighted by Gasteiger charge is -2.20. The molecule has 0 aliphatic carbocycles. The van der Waals surface area contributed by atoms with Gasteiger partial charge in [-0.2, -0.15) is 4.98 Å². The summed E-state index contributed by atoms with van der Waals surface area (Å²) in [6.07, 6.45) is 2.03. The predicted octanol–water partition coefficient (Wildman–Crippen LogP) is 2.78. The second kappa shape index (κ2) is 5.85. The van der Waals surface area contributed by atoms with E-state index in [9.17, 15) is 0 Å². The summed E-state index contributed by atoms with van der Waals surface area (Å²) in [5.41, 5.74) is 0.859. The van der Waals surface area contributed by atoms with Crippen molar-refractivity contribution in [1.29, 1.82) is 0 Å². The maximum absolute atomic E-state index is 5.64. The van der Waals surface area contributed by atoms with Crippen molar-refractivity contribution in [2.45, 2.75) is 32.1 Å². The van der Waals surface area contributed by atoms with Crippen LogP contribution in [0, 0.1) is 0 Å². The highest BCUT2D eigenvalue weighted by atomic mass is 16.5. The van der Waals surface area contributed by atoms with Crippen molar-refractivity contribution in [2.24, 2.45) is 0 Å². The van der Waals surface area contributed by atoms with E-state index in [1.54, 1.807) is 0 Å². The minimum atomic E-state index is -0.0220. The van der Waals surface area contributed by atoms with E-state index in [2.05, 4.69) is 22.4 Å². The molecule has 2 heterocycles. The van der Waals surface area contributed by atoms with Gasteiger partial charge in [0.1, 0.15) is 5.75 Å². The molecule has 0 amide bonds. The molecule has 1 aromatic heterocycles. The molecular formula is C16H21N3O2. The first-order chi connectivity index (χ1) is 10.3. The van der Waals surface area contributed by atoms with Gasteiger partial charge in [0.15, 0.2) is 0 Å². The van der Waals surface area contributed by atoms with Crippen LogP contribution in [0.15, 0.2) is 28.8 Å². The average Bonchev–Trinajstić information content (AvgIpc) is 3.18. The Balaban J connectivity index is 1.95. The molecule has 2 aromatic rings. The Kier molecular flexibility index (Phi) is 3.92. The summed E-state index contributed by atoms with van der Waals surface area (Å²) in [5, 5.41) is 7.56. The van der Waals surface area contributed by atoms with Crippen molar-refractivity contribution < 1.29 is 9.26 Å². The lowest BCUT2D eigenvalue weighted by atomic mass is 9.84. The third kappa shape index (κ3) is 2.53. The fraction of sp³-hybridized carbons (Fsp3) is 0.500. The van der Waals surface area contributed by atoms with Gasteiger partial charge in [-0.3, -0.25) is 0 Å². The zero-order valence-corrected chi connectivity index (χ0v) is 12.6. The molecule has 1 aliphatic rings. The largest absolute Gasteiger partial charge is 0.493 e. The van der Waals surface area contributed by atoms with Gasteiger partial charge in [-0.1, -0.05) is 24.2 Å². The monoisotopic (exact) mass is 287 g/mol. The van der Waals surface area contributed by atoms with E-state index < -0.39 is 0 Å². The van der Waals surface area contributed by atoms with E-state index in [-0.39, 0.29) is 5.41 Å². The molecule has 1 aliphatic heterocycles. The van der Waals surface area contributed by atoms with Gasteiger partial charge in [0.2, 0.25) is 11.7 Å². The molecule has 1 aromatic carbocycles. The third-order valence-electron chi connectivity index (χ3n) is 4.23. The van der Waals surface area contributed by atoms with Gasteiger partial charge < -0.3 is 14.6 Å². The van der Waals surface area contributed by atoms with Gasteiger partial charge in [-0.15, -0.1) is 0 Å². The lowest BCUT2D eigenvalue weighted by molar-refractivity contribution is 0.285. The van der Waals surface area contributed by atoms with Crippen LogP contribution in [0.1, 0.15) is 32.6 Å². The average molecular weight is 287 g/mol. The fourth-order valence-corrected chi connectivity index (χ4v) is 2.86. The first-order valence-electron chi connectivity index (χ1n) is 7.56. The minimum Gasteiger partial charge on any atom is -0.493 e. The van der Waals surface area contributed by atoms with Crippen molar-refractivity contribution in [1.82, 2.24) is 15.5 Å². The number of nitrogens with one attached hydrogen (secondary N) is 1. The quantitative estimate of drug-likeness (QED) is 0.916. The van der Waals surface area contributed by atoms with E-state index >= 15 is 0 Å². The molecule has 5 nitrogen and oxygen atoms in total. The third-order valence-corrected chi connectivity index (χ3v) is 4.23. The minimum absolute atomic E-state index is 0.0220. The standard InChI is InChI=1S/C16H21N3O2/c1-3-16(9-10-17-11-16)15-18-14(19-21-15)12-7-5-6-8-13(12)20-4-2/h5-8,17H,3-4,9-11H2,1-2H3. The molecule has 1 atom stereocenters. The number of ether oxygens (including phenoxy) is 1. The first-order valence-corrected chi connectivity index (χ1v) is 7.56. The zero-order chi connectivity index (χ0) is 14.7. The second-order valence-electron chi connectivity index (χ2n) is 5.41. The molecule has 0 radical (unpaired) electrons. The summed E-state index contributed by atoms with van der Waals surface area (Å²) >= 11 is 0. The molecule has 21 heavy (non-hydrogen) atoms. The Bertz CT molecular complexity index is 603. The maximum Gasteiger partial charge on any atom is 0.234 e. The Hall–Kier alpha value is -1.88. The van der Waals surface area contributed by atoms with Crippen molar-refractivity contribution in [3.63, 3.8) is 0 Å². The molecule has 0 bridgehead atoms. The smallest absolute Gasteiger partial charge is 0.234 e. The van der Waals surface area contributed by atoms with Gasteiger partial charge in [-0.05, 0) is 38.4 Å². The van der Waals surface area contributed by atoms with Crippen molar-refractivity contribution in [3.05, 3.63) is 30.2 Å². The highest BCUT2D eigenvalue weighted by molar-refractivity contribution is 5.63. The molecular weight excluding hydrogens is 266 g/mol. The van der Waals surface area contributed by atoms with Crippen LogP contribution >= 0.6 is 0 Å². The van der Waals surface area contributed by atoms with Crippen LogP contribution < -0.4 is 10.1 Å². The van der Waals surface area contributed by atoms with E-state index in [0.717, 1.165) is 43.1 Å². The molecule has 1 fully saturated rings. The van der Waals surface area contributed by atoms with Gasteiger partial charge in [0.25, 0.3) is 0 Å². The SMILES string of the molecule is CCOc1ccccc1-c1noc(C2(CC)CCNC2)n1. The maximum atomic E-state index is 5.64. The van der Waals surface area contributed by atoms with Crippen LogP contribution in [-0.4, -0.2) is 29.8 Å². The topological polar surface area (TPSA) is 60.2 Å². The summed E-state index contributed by atoms with van der Waals surface area (Å²) in [6.45, 7) is 6.66. The Morgan fingerprint density at radius 2 is 2.19 bits per heavy atom. The summed E-state index contributed by atoms with van der Waals surface area (Å²) < 4.78 is 11.2. The van der Waals surface area contributed by atoms with Crippen molar-refractivity contribution >= 4 is 0 Å². The van der Waals surface area contributed by atoms with Crippen LogP contribution in [-0.2, 0) is 5.41 Å². The molecule has 3 rings (SSSR count). The number of hydrogen-bond donors (Lipinski definition) is 1. The van der Waals surface area contributed by atoms with Crippen LogP contribution in [0.25, 0.3) is 11.4 Å². The molecule has 0 spiro atoms. The van der Waals surface area contributed by atoms with Gasteiger partial charge >= 0.3 is 0 Å². The molecule has 112 valence electrons. The zero-order valence-electron chi connectivity index (χ0n) is 12.6. The molecule has 0 saturated carbocycles. The highest BCUT2D eigenvalue weighted by Gasteiger charge is 2.39. The van der Waals surface area contributed by atoms with E-state index in [1.165, 1.54) is 0 Å². The summed E-state index contributed by atoms with van der Waals surface area (Å²) in [7, 11) is 0. The van der Waals surface area contributed by atoms with E-state index in [1.807, 2.05) is 31.2 Å². The Morgan fingerprint density at radius 1 is 1.33 bits per heavy atom. The van der Waals surface area contributed by atoms with Gasteiger partial charge in [0, 0.05) is 6.54 Å². The van der Waals surface area contributed by atoms with Crippen LogP contribution in [0.4, 0.5) is 0 Å². The van der Waals surface area contributed by atoms with E-state index in [4.69, 9.17) is 9.26 Å². The molecule has 1 unspecified atom stereocenters. The Labute approximate surface area is 124 Å². The fourth-order valence-electron chi connectivity index (χ4n) is 2.86. The normalized spacial score (nSPS) is 21.6. The number of para-hydroxylation sites is 1. The van der Waals surface area contributed by atoms with Gasteiger partial charge in [0.05, 0.1) is 17.6 Å². The number of nitrogens with zero attached hydrogens (tertiary/aromatic N) is 2. The van der Waals surface area contributed by atoms with Crippen molar-refractivity contribution in [3.8, 4) is 17.1 Å². The number of hydrogen-bond acceptors (Lipinski definition) is 5. The lowest BCUT2D eigenvalue weighted by Crippen LogP contribution is -2.28. The first kappa shape index (κ1) is 14.1. The van der Waals surface area contributed by atoms with E-state index in [0.29, 0.717) is 12.4 Å². The number of aromatic nitrogens is 2. The molecule has 5 heteroatoms. The summed E-state index contributed by atoms with van der Waals surface area (Å²) in [4.78, 5) is 4.65. The molecule has 1 N–H and O–H groups in total. The number of benzene rings is 1. The highest BCUT2D eigenvalue weighted by Crippen LogP contribution is 2.35.